The molecule has 2 saturated carbocycles. The lowest BCUT2D eigenvalue weighted by molar-refractivity contribution is -0.142. The second-order valence-electron chi connectivity index (χ2n) is 5.48. The summed E-state index contributed by atoms with van der Waals surface area (Å²) in [5, 5.41) is 8.69. The van der Waals surface area contributed by atoms with Gasteiger partial charge in [-0.15, -0.1) is 0 Å². The molecule has 6 atom stereocenters. The number of carboxylic acids is 1. The molecule has 1 saturated heterocycles. The summed E-state index contributed by atoms with van der Waals surface area (Å²) >= 11 is 7.21. The molecule has 2 aliphatic carbocycles. The van der Waals surface area contributed by atoms with Crippen LogP contribution in [0.4, 0.5) is 0 Å². The molecule has 0 unspecified atom stereocenters. The lowest BCUT2D eigenvalue weighted by atomic mass is 9.81. The highest BCUT2D eigenvalue weighted by molar-refractivity contribution is 9.12. The third-order valence-electron chi connectivity index (χ3n) is 4.63. The van der Waals surface area contributed by atoms with E-state index in [-0.39, 0.29) is 58.1 Å². The average molecular weight is 395 g/mol. The van der Waals surface area contributed by atoms with Crippen molar-refractivity contribution in [2.24, 2.45) is 23.7 Å². The van der Waals surface area contributed by atoms with E-state index in [4.69, 9.17) is 5.11 Å². The van der Waals surface area contributed by atoms with Crippen LogP contribution in [0.2, 0.25) is 0 Å². The van der Waals surface area contributed by atoms with E-state index in [2.05, 4.69) is 31.9 Å². The van der Waals surface area contributed by atoms with Crippen molar-refractivity contribution >= 4 is 49.6 Å². The first-order chi connectivity index (χ1) is 8.93. The highest BCUT2D eigenvalue weighted by Gasteiger charge is 2.66. The number of likely N-dealkylation sites (tertiary alicyclic amines) is 1. The van der Waals surface area contributed by atoms with Crippen molar-refractivity contribution in [2.75, 3.05) is 6.54 Å². The minimum atomic E-state index is -0.989. The number of amides is 2. The van der Waals surface area contributed by atoms with Crippen LogP contribution in [0.25, 0.3) is 0 Å². The van der Waals surface area contributed by atoms with Gasteiger partial charge in [-0.1, -0.05) is 31.9 Å². The molecule has 0 aromatic rings. The lowest BCUT2D eigenvalue weighted by Gasteiger charge is -2.28. The standard InChI is InChI=1S/C12H13Br2NO4/c13-9-4-3-5(10(9)14)8-7(4)11(18)15(12(8)19)2-1-6(16)17/h4-5,7-10H,1-3H2,(H,16,17)/t4-,5+,7+,8-,9-,10-/m1/s1. The Kier molecular flexibility index (Phi) is 3.24. The first-order valence-corrected chi connectivity index (χ1v) is 8.11. The fourth-order valence-electron chi connectivity index (χ4n) is 3.84. The van der Waals surface area contributed by atoms with E-state index in [0.717, 1.165) is 11.3 Å². The van der Waals surface area contributed by atoms with Crippen molar-refractivity contribution in [2.45, 2.75) is 22.5 Å². The van der Waals surface area contributed by atoms with Gasteiger partial charge in [0, 0.05) is 16.2 Å². The third-order valence-corrected chi connectivity index (χ3v) is 7.83. The molecule has 104 valence electrons. The molecule has 0 aromatic heterocycles. The maximum Gasteiger partial charge on any atom is 0.305 e. The minimum absolute atomic E-state index is 0.000650. The number of hydrogen-bond donors (Lipinski definition) is 1. The zero-order valence-electron chi connectivity index (χ0n) is 9.96. The summed E-state index contributed by atoms with van der Waals surface area (Å²) in [6, 6.07) is 0. The molecule has 2 bridgehead atoms. The van der Waals surface area contributed by atoms with Crippen LogP contribution in [0.3, 0.4) is 0 Å². The molecule has 2 amide bonds. The van der Waals surface area contributed by atoms with Gasteiger partial charge in [-0.25, -0.2) is 0 Å². The summed E-state index contributed by atoms with van der Waals surface area (Å²) in [6.45, 7) is -0.000650. The topological polar surface area (TPSA) is 74.7 Å². The van der Waals surface area contributed by atoms with Gasteiger partial charge in [0.15, 0.2) is 0 Å². The Bertz CT molecular complexity index is 437. The van der Waals surface area contributed by atoms with Crippen molar-refractivity contribution in [1.82, 2.24) is 4.90 Å². The molecule has 1 N–H and O–H groups in total. The average Bonchev–Trinajstić information content (AvgIpc) is 2.93. The number of nitrogens with zero attached hydrogens (tertiary/aromatic N) is 1. The fourth-order valence-corrected chi connectivity index (χ4v) is 5.71. The van der Waals surface area contributed by atoms with E-state index in [9.17, 15) is 14.4 Å². The Morgan fingerprint density at radius 3 is 2.05 bits per heavy atom. The van der Waals surface area contributed by atoms with E-state index in [1.54, 1.807) is 0 Å². The SMILES string of the molecule is O=C(O)CCN1C(=O)[C@@H]2[C@@H]3C[C@@H]([C@@H](Br)[C@@H]3Br)[C@@H]2C1=O. The molecule has 5 nitrogen and oxygen atoms in total. The molecule has 0 aromatic carbocycles. The summed E-state index contributed by atoms with van der Waals surface area (Å²) in [7, 11) is 0. The third kappa shape index (κ3) is 1.81. The summed E-state index contributed by atoms with van der Waals surface area (Å²) in [5.74, 6) is -1.46. The van der Waals surface area contributed by atoms with Crippen molar-refractivity contribution in [1.29, 1.82) is 0 Å². The van der Waals surface area contributed by atoms with Crippen LogP contribution in [0, 0.1) is 23.7 Å². The van der Waals surface area contributed by atoms with Gasteiger partial charge >= 0.3 is 5.97 Å². The quantitative estimate of drug-likeness (QED) is 0.577. The molecule has 7 heteroatoms. The highest BCUT2D eigenvalue weighted by Crippen LogP contribution is 2.60. The number of carboxylic acid groups (broad SMARTS) is 1. The number of fused-ring (bicyclic) bond motifs is 5. The minimum Gasteiger partial charge on any atom is -0.481 e. The summed E-state index contributed by atoms with van der Waals surface area (Å²) < 4.78 is 0. The zero-order valence-corrected chi connectivity index (χ0v) is 13.1. The van der Waals surface area contributed by atoms with Crippen LogP contribution >= 0.6 is 31.9 Å². The second-order valence-corrected chi connectivity index (χ2v) is 7.59. The Balaban J connectivity index is 1.83. The van der Waals surface area contributed by atoms with E-state index < -0.39 is 5.97 Å². The Labute approximate surface area is 127 Å². The monoisotopic (exact) mass is 393 g/mol. The van der Waals surface area contributed by atoms with Gasteiger partial charge in [0.05, 0.1) is 18.3 Å². The summed E-state index contributed by atoms with van der Waals surface area (Å²) in [4.78, 5) is 36.8. The molecule has 3 aliphatic rings. The Hall–Kier alpha value is -0.430. The van der Waals surface area contributed by atoms with Crippen molar-refractivity contribution in [3.05, 3.63) is 0 Å². The lowest BCUT2D eigenvalue weighted by Crippen LogP contribution is -2.37. The van der Waals surface area contributed by atoms with Crippen molar-refractivity contribution in [3.63, 3.8) is 0 Å². The first kappa shape index (κ1) is 13.5. The molecule has 0 radical (unpaired) electrons. The van der Waals surface area contributed by atoms with Gasteiger partial charge in [0.1, 0.15) is 0 Å². The summed E-state index contributed by atoms with van der Waals surface area (Å²) in [6.07, 6.45) is 0.715. The van der Waals surface area contributed by atoms with Crippen molar-refractivity contribution < 1.29 is 19.5 Å². The highest BCUT2D eigenvalue weighted by atomic mass is 79.9. The summed E-state index contributed by atoms with van der Waals surface area (Å²) in [5.41, 5.74) is 0. The van der Waals surface area contributed by atoms with Crippen LogP contribution in [0.5, 0.6) is 0 Å². The van der Waals surface area contributed by atoms with Gasteiger partial charge in [0.25, 0.3) is 0 Å². The Morgan fingerprint density at radius 2 is 1.63 bits per heavy atom. The molecule has 3 rings (SSSR count). The fraction of sp³-hybridized carbons (Fsp3) is 0.750. The van der Waals surface area contributed by atoms with E-state index in [0.29, 0.717) is 0 Å². The molecule has 0 spiro atoms. The molecule has 1 heterocycles. The number of hydrogen-bond acceptors (Lipinski definition) is 3. The molecule has 3 fully saturated rings. The molecule has 1 aliphatic heterocycles. The van der Waals surface area contributed by atoms with E-state index >= 15 is 0 Å². The smallest absolute Gasteiger partial charge is 0.305 e. The van der Waals surface area contributed by atoms with Crippen LogP contribution in [0.15, 0.2) is 0 Å². The number of rotatable bonds is 3. The molecular weight excluding hydrogens is 382 g/mol. The Morgan fingerprint density at radius 1 is 1.16 bits per heavy atom. The largest absolute Gasteiger partial charge is 0.481 e. The first-order valence-electron chi connectivity index (χ1n) is 6.28. The number of halogens is 2. The number of carbonyl (C=O) groups excluding carboxylic acids is 2. The van der Waals surface area contributed by atoms with E-state index in [1.807, 2.05) is 0 Å². The van der Waals surface area contributed by atoms with Crippen LogP contribution in [0.1, 0.15) is 12.8 Å². The van der Waals surface area contributed by atoms with Gasteiger partial charge in [-0.2, -0.15) is 0 Å². The van der Waals surface area contributed by atoms with Crippen LogP contribution in [-0.4, -0.2) is 44.0 Å². The normalized spacial score (nSPS) is 44.0. The van der Waals surface area contributed by atoms with Gasteiger partial charge in [0.2, 0.25) is 11.8 Å². The number of aliphatic carboxylic acids is 1. The number of alkyl halides is 2. The number of carbonyl (C=O) groups is 3. The zero-order chi connectivity index (χ0) is 13.9. The van der Waals surface area contributed by atoms with Gasteiger partial charge in [-0.3, -0.25) is 19.3 Å². The van der Waals surface area contributed by atoms with E-state index in [1.165, 1.54) is 0 Å². The molecule has 19 heavy (non-hydrogen) atoms. The van der Waals surface area contributed by atoms with Crippen LogP contribution < -0.4 is 0 Å². The van der Waals surface area contributed by atoms with Gasteiger partial charge in [-0.05, 0) is 18.3 Å². The maximum absolute atomic E-state index is 12.3. The number of imide groups is 1. The van der Waals surface area contributed by atoms with Crippen LogP contribution in [-0.2, 0) is 14.4 Å². The maximum atomic E-state index is 12.3. The predicted octanol–water partition coefficient (Wildman–Crippen LogP) is 1.24. The van der Waals surface area contributed by atoms with Gasteiger partial charge < -0.3 is 5.11 Å². The second kappa shape index (κ2) is 4.55. The van der Waals surface area contributed by atoms with Crippen molar-refractivity contribution in [3.8, 4) is 0 Å². The predicted molar refractivity (Wildman–Crippen MR) is 73.0 cm³/mol. The molecular formula is C12H13Br2NO4.